The molecule has 0 unspecified atom stereocenters. The second-order valence-corrected chi connectivity index (χ2v) is 5.75. The number of aryl methyl sites for hydroxylation is 1. The quantitative estimate of drug-likeness (QED) is 0.694. The molecule has 0 atom stereocenters. The minimum Gasteiger partial charge on any atom is -0.299 e. The molecule has 0 aliphatic rings. The summed E-state index contributed by atoms with van der Waals surface area (Å²) in [5.41, 5.74) is 2.17. The maximum absolute atomic E-state index is 12.0. The van der Waals surface area contributed by atoms with E-state index in [2.05, 4.69) is 17.1 Å². The number of hydrogen-bond acceptors (Lipinski definition) is 3. The van der Waals surface area contributed by atoms with Crippen LogP contribution >= 0.6 is 11.3 Å². The van der Waals surface area contributed by atoms with Gasteiger partial charge in [0.05, 0.1) is 12.1 Å². The van der Waals surface area contributed by atoms with Gasteiger partial charge in [-0.05, 0) is 18.4 Å². The molecule has 3 aromatic rings. The van der Waals surface area contributed by atoms with Gasteiger partial charge in [0.1, 0.15) is 5.78 Å². The van der Waals surface area contributed by atoms with Gasteiger partial charge in [0.2, 0.25) is 0 Å². The van der Waals surface area contributed by atoms with Gasteiger partial charge in [0, 0.05) is 24.2 Å². The van der Waals surface area contributed by atoms with Gasteiger partial charge in [-0.15, -0.1) is 11.3 Å². The Labute approximate surface area is 121 Å². The SMILES string of the molecule is O=C(CCCc1ccccc1)Cc1cn2ccsc2n1. The summed E-state index contributed by atoms with van der Waals surface area (Å²) in [5.74, 6) is 0.270. The van der Waals surface area contributed by atoms with Gasteiger partial charge in [-0.2, -0.15) is 0 Å². The Bertz CT molecular complexity index is 671. The van der Waals surface area contributed by atoms with Gasteiger partial charge in [0.25, 0.3) is 0 Å². The van der Waals surface area contributed by atoms with Crippen molar-refractivity contribution in [2.45, 2.75) is 25.7 Å². The van der Waals surface area contributed by atoms with Crippen LogP contribution in [0, 0.1) is 0 Å². The number of nitrogens with zero attached hydrogens (tertiary/aromatic N) is 2. The highest BCUT2D eigenvalue weighted by molar-refractivity contribution is 7.15. The third-order valence-electron chi connectivity index (χ3n) is 3.29. The van der Waals surface area contributed by atoms with Crippen LogP contribution in [0.5, 0.6) is 0 Å². The molecule has 0 radical (unpaired) electrons. The maximum Gasteiger partial charge on any atom is 0.193 e. The van der Waals surface area contributed by atoms with Crippen molar-refractivity contribution in [2.75, 3.05) is 0 Å². The summed E-state index contributed by atoms with van der Waals surface area (Å²) in [4.78, 5) is 17.4. The first-order chi connectivity index (χ1) is 9.81. The molecule has 2 heterocycles. The number of thiazole rings is 1. The van der Waals surface area contributed by atoms with E-state index in [1.54, 1.807) is 11.3 Å². The lowest BCUT2D eigenvalue weighted by Gasteiger charge is -2.00. The molecule has 3 nitrogen and oxygen atoms in total. The van der Waals surface area contributed by atoms with E-state index in [9.17, 15) is 4.79 Å². The number of rotatable bonds is 6. The zero-order valence-corrected chi connectivity index (χ0v) is 12.0. The van der Waals surface area contributed by atoms with E-state index in [-0.39, 0.29) is 5.78 Å². The number of ketones is 1. The average molecular weight is 284 g/mol. The third-order valence-corrected chi connectivity index (χ3v) is 4.06. The Morgan fingerprint density at radius 2 is 2.10 bits per heavy atom. The molecule has 0 amide bonds. The lowest BCUT2D eigenvalue weighted by Crippen LogP contribution is -2.03. The third kappa shape index (κ3) is 3.14. The van der Waals surface area contributed by atoms with Crippen LogP contribution in [0.3, 0.4) is 0 Å². The van der Waals surface area contributed by atoms with Crippen LogP contribution in [0.1, 0.15) is 24.1 Å². The fourth-order valence-corrected chi connectivity index (χ4v) is 3.00. The first kappa shape index (κ1) is 13.1. The van der Waals surface area contributed by atoms with Crippen molar-refractivity contribution in [3.8, 4) is 0 Å². The zero-order chi connectivity index (χ0) is 13.8. The Hall–Kier alpha value is -1.94. The van der Waals surface area contributed by atoms with E-state index in [0.29, 0.717) is 12.8 Å². The van der Waals surface area contributed by atoms with Gasteiger partial charge < -0.3 is 0 Å². The molecular formula is C16H16N2OS. The Morgan fingerprint density at radius 1 is 1.25 bits per heavy atom. The van der Waals surface area contributed by atoms with Gasteiger partial charge in [-0.3, -0.25) is 9.20 Å². The molecular weight excluding hydrogens is 268 g/mol. The summed E-state index contributed by atoms with van der Waals surface area (Å²) in [5, 5.41) is 1.99. The summed E-state index contributed by atoms with van der Waals surface area (Å²) in [6.07, 6.45) is 6.86. The van der Waals surface area contributed by atoms with Gasteiger partial charge in [-0.1, -0.05) is 30.3 Å². The van der Waals surface area contributed by atoms with Gasteiger partial charge >= 0.3 is 0 Å². The summed E-state index contributed by atoms with van der Waals surface area (Å²) in [6.45, 7) is 0. The fraction of sp³-hybridized carbons (Fsp3) is 0.250. The second-order valence-electron chi connectivity index (χ2n) is 4.88. The minimum absolute atomic E-state index is 0.270. The number of Topliss-reactive ketones (excluding diaryl/α,β-unsaturated/α-hetero) is 1. The first-order valence-corrected chi connectivity index (χ1v) is 7.66. The van der Waals surface area contributed by atoms with Crippen molar-refractivity contribution in [2.24, 2.45) is 0 Å². The number of carbonyl (C=O) groups is 1. The Balaban J connectivity index is 1.49. The van der Waals surface area contributed by atoms with Crippen molar-refractivity contribution < 1.29 is 4.79 Å². The highest BCUT2D eigenvalue weighted by Gasteiger charge is 2.08. The highest BCUT2D eigenvalue weighted by Crippen LogP contribution is 2.13. The number of benzene rings is 1. The molecule has 3 rings (SSSR count). The predicted molar refractivity (Wildman–Crippen MR) is 81.2 cm³/mol. The van der Waals surface area contributed by atoms with Crippen LogP contribution in [-0.4, -0.2) is 15.2 Å². The van der Waals surface area contributed by atoms with E-state index in [4.69, 9.17) is 0 Å². The second kappa shape index (κ2) is 6.01. The normalized spacial score (nSPS) is 11.0. The highest BCUT2D eigenvalue weighted by atomic mass is 32.1. The van der Waals surface area contributed by atoms with Crippen LogP contribution in [0.4, 0.5) is 0 Å². The zero-order valence-electron chi connectivity index (χ0n) is 11.2. The van der Waals surface area contributed by atoms with E-state index >= 15 is 0 Å². The molecule has 102 valence electrons. The van der Waals surface area contributed by atoms with E-state index in [1.807, 2.05) is 40.4 Å². The number of fused-ring (bicyclic) bond motifs is 1. The molecule has 2 aromatic heterocycles. The van der Waals surface area contributed by atoms with Crippen LogP contribution in [0.2, 0.25) is 0 Å². The molecule has 0 fully saturated rings. The smallest absolute Gasteiger partial charge is 0.193 e. The van der Waals surface area contributed by atoms with Crippen LogP contribution in [0.25, 0.3) is 4.96 Å². The van der Waals surface area contributed by atoms with E-state index in [0.717, 1.165) is 23.5 Å². The van der Waals surface area contributed by atoms with Crippen molar-refractivity contribution in [3.63, 3.8) is 0 Å². The summed E-state index contributed by atoms with van der Waals surface area (Å²) < 4.78 is 1.97. The molecule has 0 saturated carbocycles. The Morgan fingerprint density at radius 3 is 2.90 bits per heavy atom. The molecule has 20 heavy (non-hydrogen) atoms. The largest absolute Gasteiger partial charge is 0.299 e. The summed E-state index contributed by atoms with van der Waals surface area (Å²) in [7, 11) is 0. The molecule has 0 spiro atoms. The summed E-state index contributed by atoms with van der Waals surface area (Å²) >= 11 is 1.59. The van der Waals surface area contributed by atoms with Gasteiger partial charge in [0.15, 0.2) is 4.96 Å². The van der Waals surface area contributed by atoms with E-state index in [1.165, 1.54) is 5.56 Å². The standard InChI is InChI=1S/C16H16N2OS/c19-15(8-4-7-13-5-2-1-3-6-13)11-14-12-18-9-10-20-16(18)17-14/h1-3,5-6,9-10,12H,4,7-8,11H2. The number of imidazole rings is 1. The first-order valence-electron chi connectivity index (χ1n) is 6.78. The lowest BCUT2D eigenvalue weighted by molar-refractivity contribution is -0.118. The molecule has 0 bridgehead atoms. The maximum atomic E-state index is 12.0. The monoisotopic (exact) mass is 284 g/mol. The van der Waals surface area contributed by atoms with Crippen molar-refractivity contribution in [1.82, 2.24) is 9.38 Å². The molecule has 1 aromatic carbocycles. The lowest BCUT2D eigenvalue weighted by atomic mass is 10.0. The van der Waals surface area contributed by atoms with E-state index < -0.39 is 0 Å². The molecule has 4 heteroatoms. The van der Waals surface area contributed by atoms with Crippen LogP contribution < -0.4 is 0 Å². The summed E-state index contributed by atoms with van der Waals surface area (Å²) in [6, 6.07) is 10.3. The van der Waals surface area contributed by atoms with Crippen LogP contribution in [-0.2, 0) is 17.6 Å². The average Bonchev–Trinajstić information content (AvgIpc) is 3.01. The predicted octanol–water partition coefficient (Wildman–Crippen LogP) is 3.53. The minimum atomic E-state index is 0.270. The molecule has 0 aliphatic carbocycles. The number of aromatic nitrogens is 2. The van der Waals surface area contributed by atoms with Crippen molar-refractivity contribution >= 4 is 22.1 Å². The fourth-order valence-electron chi connectivity index (χ4n) is 2.29. The topological polar surface area (TPSA) is 34.4 Å². The number of carbonyl (C=O) groups excluding carboxylic acids is 1. The molecule has 0 N–H and O–H groups in total. The molecule has 0 aliphatic heterocycles. The van der Waals surface area contributed by atoms with Crippen molar-refractivity contribution in [1.29, 1.82) is 0 Å². The van der Waals surface area contributed by atoms with Crippen molar-refractivity contribution in [3.05, 3.63) is 59.4 Å². The van der Waals surface area contributed by atoms with Gasteiger partial charge in [-0.25, -0.2) is 4.98 Å². The molecule has 0 saturated heterocycles. The van der Waals surface area contributed by atoms with Crippen LogP contribution in [0.15, 0.2) is 48.1 Å². The number of hydrogen-bond donors (Lipinski definition) is 0. The Kier molecular flexibility index (Phi) is 3.92.